The Balaban J connectivity index is 2.61. The summed E-state index contributed by atoms with van der Waals surface area (Å²) in [6.45, 7) is 2.29. The first-order chi connectivity index (χ1) is 9.12. The lowest BCUT2D eigenvalue weighted by molar-refractivity contribution is 0.321. The van der Waals surface area contributed by atoms with Gasteiger partial charge in [-0.05, 0) is 36.8 Å². The minimum absolute atomic E-state index is 0.341. The fraction of sp³-hybridized carbons (Fsp3) is 0.600. The van der Waals surface area contributed by atoms with Crippen molar-refractivity contribution >= 4 is 15.9 Å². The highest BCUT2D eigenvalue weighted by molar-refractivity contribution is 9.09. The van der Waals surface area contributed by atoms with Crippen molar-refractivity contribution in [3.8, 4) is 17.2 Å². The molecule has 0 fully saturated rings. The summed E-state index contributed by atoms with van der Waals surface area (Å²) in [5, 5.41) is 0. The van der Waals surface area contributed by atoms with Crippen LogP contribution in [0.4, 0.5) is 0 Å². The first-order valence-electron chi connectivity index (χ1n) is 6.58. The van der Waals surface area contributed by atoms with E-state index in [9.17, 15) is 0 Å². The average Bonchev–Trinajstić information content (AvgIpc) is 2.55. The zero-order valence-corrected chi connectivity index (χ0v) is 13.5. The monoisotopic (exact) mass is 328 g/mol. The zero-order chi connectivity index (χ0) is 14.0. The number of halogens is 1. The summed E-state index contributed by atoms with van der Waals surface area (Å²) < 4.78 is 16.5. The van der Waals surface area contributed by atoms with Crippen molar-refractivity contribution in [2.24, 2.45) is 5.92 Å². The highest BCUT2D eigenvalue weighted by atomic mass is 79.9. The molecule has 1 aromatic rings. The molecule has 0 radical (unpaired) electrons. The third kappa shape index (κ3) is 2.69. The van der Waals surface area contributed by atoms with Gasteiger partial charge in [0.25, 0.3) is 0 Å². The topological polar surface area (TPSA) is 27.7 Å². The van der Waals surface area contributed by atoms with Crippen LogP contribution in [0.3, 0.4) is 0 Å². The number of alkyl halides is 1. The van der Waals surface area contributed by atoms with E-state index in [4.69, 9.17) is 14.2 Å². The van der Waals surface area contributed by atoms with Crippen molar-refractivity contribution in [3.63, 3.8) is 0 Å². The lowest BCUT2D eigenvalue weighted by Crippen LogP contribution is -2.03. The molecule has 2 unspecified atom stereocenters. The van der Waals surface area contributed by atoms with Gasteiger partial charge in [0, 0.05) is 10.4 Å². The van der Waals surface area contributed by atoms with Crippen molar-refractivity contribution in [2.75, 3.05) is 21.3 Å². The Morgan fingerprint density at radius 1 is 1.11 bits per heavy atom. The predicted molar refractivity (Wildman–Crippen MR) is 79.9 cm³/mol. The predicted octanol–water partition coefficient (Wildman–Crippen LogP) is 4.12. The second-order valence-electron chi connectivity index (χ2n) is 5.06. The van der Waals surface area contributed by atoms with Crippen molar-refractivity contribution in [3.05, 3.63) is 17.2 Å². The third-order valence-corrected chi connectivity index (χ3v) is 4.67. The Kier molecular flexibility index (Phi) is 4.61. The van der Waals surface area contributed by atoms with E-state index < -0.39 is 0 Å². The largest absolute Gasteiger partial charge is 0.493 e. The first kappa shape index (κ1) is 14.5. The fourth-order valence-corrected chi connectivity index (χ4v) is 3.81. The van der Waals surface area contributed by atoms with Crippen molar-refractivity contribution in [2.45, 2.75) is 31.0 Å². The van der Waals surface area contributed by atoms with Gasteiger partial charge in [0.2, 0.25) is 5.75 Å². The number of ether oxygens (including phenoxy) is 3. The van der Waals surface area contributed by atoms with Gasteiger partial charge in [-0.3, -0.25) is 0 Å². The van der Waals surface area contributed by atoms with Gasteiger partial charge in [0.1, 0.15) is 0 Å². The van der Waals surface area contributed by atoms with E-state index in [1.54, 1.807) is 21.3 Å². The number of rotatable bonds is 3. The lowest BCUT2D eigenvalue weighted by atomic mass is 10.0. The third-order valence-electron chi connectivity index (χ3n) is 3.80. The molecule has 1 aromatic carbocycles. The highest BCUT2D eigenvalue weighted by Gasteiger charge is 2.27. The van der Waals surface area contributed by atoms with Crippen molar-refractivity contribution in [1.29, 1.82) is 0 Å². The van der Waals surface area contributed by atoms with Gasteiger partial charge < -0.3 is 14.2 Å². The van der Waals surface area contributed by atoms with Gasteiger partial charge in [-0.15, -0.1) is 0 Å². The number of benzene rings is 1. The van der Waals surface area contributed by atoms with Gasteiger partial charge in [0.15, 0.2) is 11.5 Å². The molecule has 0 N–H and O–H groups in total. The number of hydrogen-bond donors (Lipinski definition) is 0. The normalized spacial score (nSPS) is 22.4. The van der Waals surface area contributed by atoms with Crippen molar-refractivity contribution in [1.82, 2.24) is 0 Å². The van der Waals surface area contributed by atoms with Gasteiger partial charge in [-0.25, -0.2) is 0 Å². The Morgan fingerprint density at radius 2 is 1.79 bits per heavy atom. The maximum Gasteiger partial charge on any atom is 0.203 e. The molecule has 0 aliphatic heterocycles. The van der Waals surface area contributed by atoms with Crippen LogP contribution in [0, 0.1) is 5.92 Å². The Labute approximate surface area is 123 Å². The molecule has 1 aliphatic rings. The van der Waals surface area contributed by atoms with Crippen LogP contribution in [-0.2, 0) is 6.42 Å². The van der Waals surface area contributed by atoms with Crippen LogP contribution < -0.4 is 14.2 Å². The van der Waals surface area contributed by atoms with E-state index in [-0.39, 0.29) is 0 Å². The van der Waals surface area contributed by atoms with E-state index in [0.29, 0.717) is 16.5 Å². The van der Waals surface area contributed by atoms with Gasteiger partial charge in [0.05, 0.1) is 21.3 Å². The molecule has 0 aromatic heterocycles. The van der Waals surface area contributed by atoms with Crippen LogP contribution in [0.2, 0.25) is 0 Å². The van der Waals surface area contributed by atoms with Crippen LogP contribution in [0.15, 0.2) is 6.07 Å². The molecule has 0 bridgehead atoms. The molecule has 0 saturated carbocycles. The summed E-state index contributed by atoms with van der Waals surface area (Å²) in [5.41, 5.74) is 2.50. The van der Waals surface area contributed by atoms with Crippen LogP contribution in [0.5, 0.6) is 17.2 Å². The van der Waals surface area contributed by atoms with E-state index in [1.165, 1.54) is 17.5 Å². The molecule has 0 saturated heterocycles. The molecular formula is C15H21BrO3. The maximum atomic E-state index is 5.59. The van der Waals surface area contributed by atoms with Gasteiger partial charge >= 0.3 is 0 Å². The minimum atomic E-state index is 0.341. The molecule has 0 spiro atoms. The maximum absolute atomic E-state index is 5.59. The van der Waals surface area contributed by atoms with E-state index in [2.05, 4.69) is 28.9 Å². The average molecular weight is 329 g/mol. The SMILES string of the molecule is COc1cc2c(c(OC)c1OC)CCC(C)CC2Br. The molecule has 3 nitrogen and oxygen atoms in total. The molecule has 0 heterocycles. The Hall–Kier alpha value is -0.900. The van der Waals surface area contributed by atoms with Crippen molar-refractivity contribution < 1.29 is 14.2 Å². The first-order valence-corrected chi connectivity index (χ1v) is 7.49. The molecule has 106 valence electrons. The minimum Gasteiger partial charge on any atom is -0.493 e. The molecule has 0 amide bonds. The summed E-state index contributed by atoms with van der Waals surface area (Å²) in [6.07, 6.45) is 3.31. The molecule has 4 heteroatoms. The zero-order valence-electron chi connectivity index (χ0n) is 12.0. The molecule has 19 heavy (non-hydrogen) atoms. The second-order valence-corrected chi connectivity index (χ2v) is 6.17. The Morgan fingerprint density at radius 3 is 2.37 bits per heavy atom. The molecule has 2 rings (SSSR count). The van der Waals surface area contributed by atoms with E-state index in [0.717, 1.165) is 24.3 Å². The highest BCUT2D eigenvalue weighted by Crippen LogP contribution is 2.48. The number of fused-ring (bicyclic) bond motifs is 1. The quantitative estimate of drug-likeness (QED) is 0.617. The van der Waals surface area contributed by atoms with Crippen LogP contribution in [0.25, 0.3) is 0 Å². The standard InChI is InChI=1S/C15H21BrO3/c1-9-5-6-10-11(12(16)7-9)8-13(17-2)15(19-4)14(10)18-3/h8-9,12H,5-7H2,1-4H3. The summed E-state index contributed by atoms with van der Waals surface area (Å²) in [4.78, 5) is 0.341. The summed E-state index contributed by atoms with van der Waals surface area (Å²) in [7, 11) is 5.00. The molecular weight excluding hydrogens is 308 g/mol. The van der Waals surface area contributed by atoms with Gasteiger partial charge in [-0.1, -0.05) is 22.9 Å². The number of methoxy groups -OCH3 is 3. The smallest absolute Gasteiger partial charge is 0.203 e. The molecule has 1 aliphatic carbocycles. The summed E-state index contributed by atoms with van der Waals surface area (Å²) in [5.74, 6) is 2.93. The summed E-state index contributed by atoms with van der Waals surface area (Å²) in [6, 6.07) is 2.08. The van der Waals surface area contributed by atoms with Gasteiger partial charge in [-0.2, -0.15) is 0 Å². The van der Waals surface area contributed by atoms with E-state index in [1.807, 2.05) is 0 Å². The fourth-order valence-electron chi connectivity index (χ4n) is 2.76. The van der Waals surface area contributed by atoms with Crippen LogP contribution in [0.1, 0.15) is 35.7 Å². The Bertz CT molecular complexity index is 459. The lowest BCUT2D eigenvalue weighted by Gasteiger charge is -2.20. The molecule has 2 atom stereocenters. The van der Waals surface area contributed by atoms with Crippen LogP contribution in [-0.4, -0.2) is 21.3 Å². The van der Waals surface area contributed by atoms with E-state index >= 15 is 0 Å². The van der Waals surface area contributed by atoms with Crippen LogP contribution >= 0.6 is 15.9 Å². The number of hydrogen-bond acceptors (Lipinski definition) is 3. The summed E-state index contributed by atoms with van der Waals surface area (Å²) >= 11 is 3.80. The second kappa shape index (κ2) is 6.04.